The maximum absolute atomic E-state index is 5.97. The maximum Gasteiger partial charge on any atom is 0.175 e. The summed E-state index contributed by atoms with van der Waals surface area (Å²) in [6, 6.07) is 22.2. The molecule has 0 spiro atoms. The molecule has 0 heterocycles. The van der Waals surface area contributed by atoms with E-state index in [9.17, 15) is 0 Å². The maximum atomic E-state index is 5.97. The molecule has 0 bridgehead atoms. The van der Waals surface area contributed by atoms with Crippen LogP contribution in [0.3, 0.4) is 0 Å². The number of para-hydroxylation sites is 1. The van der Waals surface area contributed by atoms with Crippen molar-refractivity contribution in [3.63, 3.8) is 0 Å². The van der Waals surface area contributed by atoms with Crippen LogP contribution in [0.4, 0.5) is 11.4 Å². The van der Waals surface area contributed by atoms with Crippen molar-refractivity contribution in [2.24, 2.45) is 0 Å². The normalized spacial score (nSPS) is 10.4. The molecule has 0 saturated carbocycles. The van der Waals surface area contributed by atoms with Gasteiger partial charge in [-0.3, -0.25) is 0 Å². The molecule has 0 aliphatic carbocycles. The lowest BCUT2D eigenvalue weighted by molar-refractivity contribution is 1.38. The highest BCUT2D eigenvalue weighted by Crippen LogP contribution is 2.34. The van der Waals surface area contributed by atoms with Gasteiger partial charge >= 0.3 is 0 Å². The lowest BCUT2D eigenvalue weighted by Gasteiger charge is -2.15. The van der Waals surface area contributed by atoms with Crippen molar-refractivity contribution in [3.8, 4) is 0 Å². The van der Waals surface area contributed by atoms with E-state index >= 15 is 0 Å². The number of nitrogens with one attached hydrogen (secondary N) is 2. The fraction of sp³-hybridized carbons (Fsp3) is 0.0952. The van der Waals surface area contributed by atoms with E-state index in [0.29, 0.717) is 5.11 Å². The van der Waals surface area contributed by atoms with Crippen molar-refractivity contribution in [1.29, 1.82) is 0 Å². The molecule has 0 radical (unpaired) electrons. The SMILES string of the molecule is Cc1ccc(C)c(NC(=S)Nc2ccccc2Sc2ccc(Cl)cc2)c1. The number of anilines is 2. The van der Waals surface area contributed by atoms with Gasteiger partial charge in [0.15, 0.2) is 5.11 Å². The van der Waals surface area contributed by atoms with Gasteiger partial charge in [-0.25, -0.2) is 0 Å². The van der Waals surface area contributed by atoms with Gasteiger partial charge < -0.3 is 10.6 Å². The zero-order chi connectivity index (χ0) is 18.5. The first-order chi connectivity index (χ1) is 12.5. The number of aryl methyl sites for hydroxylation is 2. The summed E-state index contributed by atoms with van der Waals surface area (Å²) in [7, 11) is 0. The Balaban J connectivity index is 1.74. The molecule has 0 aliphatic rings. The molecule has 3 aromatic carbocycles. The average Bonchev–Trinajstić information content (AvgIpc) is 2.62. The number of hydrogen-bond acceptors (Lipinski definition) is 2. The quantitative estimate of drug-likeness (QED) is 0.466. The Labute approximate surface area is 169 Å². The van der Waals surface area contributed by atoms with Crippen LogP contribution in [0.5, 0.6) is 0 Å². The standard InChI is InChI=1S/C21H19ClN2S2/c1-14-7-8-15(2)19(13-14)24-21(25)23-18-5-3-4-6-20(18)26-17-11-9-16(22)10-12-17/h3-13H,1-2H3,(H2,23,24,25). The van der Waals surface area contributed by atoms with Crippen molar-refractivity contribution in [2.75, 3.05) is 10.6 Å². The van der Waals surface area contributed by atoms with Crippen LogP contribution in [0.15, 0.2) is 76.5 Å². The fourth-order valence-corrected chi connectivity index (χ4v) is 3.68. The summed E-state index contributed by atoms with van der Waals surface area (Å²) in [5.74, 6) is 0. The number of halogens is 1. The third-order valence-electron chi connectivity index (χ3n) is 3.82. The zero-order valence-corrected chi connectivity index (χ0v) is 16.9. The Morgan fingerprint density at radius 1 is 0.885 bits per heavy atom. The largest absolute Gasteiger partial charge is 0.332 e. The highest BCUT2D eigenvalue weighted by Gasteiger charge is 2.07. The molecule has 0 aromatic heterocycles. The summed E-state index contributed by atoms with van der Waals surface area (Å²) in [4.78, 5) is 2.22. The second-order valence-corrected chi connectivity index (χ2v) is 7.91. The molecule has 2 nitrogen and oxygen atoms in total. The van der Waals surface area contributed by atoms with Crippen LogP contribution in [-0.2, 0) is 0 Å². The number of benzene rings is 3. The highest BCUT2D eigenvalue weighted by atomic mass is 35.5. The smallest absolute Gasteiger partial charge is 0.175 e. The lowest BCUT2D eigenvalue weighted by Crippen LogP contribution is -2.20. The third kappa shape index (κ3) is 5.01. The molecular weight excluding hydrogens is 380 g/mol. The predicted molar refractivity (Wildman–Crippen MR) is 118 cm³/mol. The van der Waals surface area contributed by atoms with Gasteiger partial charge in [0.1, 0.15) is 0 Å². The molecule has 132 valence electrons. The molecule has 26 heavy (non-hydrogen) atoms. The van der Waals surface area contributed by atoms with Gasteiger partial charge in [0, 0.05) is 20.5 Å². The highest BCUT2D eigenvalue weighted by molar-refractivity contribution is 7.99. The van der Waals surface area contributed by atoms with Gasteiger partial charge in [-0.15, -0.1) is 0 Å². The zero-order valence-electron chi connectivity index (χ0n) is 14.5. The molecule has 3 rings (SSSR count). The Bertz CT molecular complexity index is 924. The summed E-state index contributed by atoms with van der Waals surface area (Å²) in [6.45, 7) is 4.13. The first kappa shape index (κ1) is 18.8. The summed E-state index contributed by atoms with van der Waals surface area (Å²) >= 11 is 13.2. The van der Waals surface area contributed by atoms with E-state index in [0.717, 1.165) is 31.8 Å². The van der Waals surface area contributed by atoms with Crippen LogP contribution in [-0.4, -0.2) is 5.11 Å². The first-order valence-corrected chi connectivity index (χ1v) is 9.79. The van der Waals surface area contributed by atoms with Crippen LogP contribution < -0.4 is 10.6 Å². The monoisotopic (exact) mass is 398 g/mol. The molecule has 0 atom stereocenters. The van der Waals surface area contributed by atoms with Crippen molar-refractivity contribution >= 4 is 52.1 Å². The van der Waals surface area contributed by atoms with Gasteiger partial charge in [-0.05, 0) is 79.7 Å². The van der Waals surface area contributed by atoms with Gasteiger partial charge in [-0.1, -0.05) is 47.6 Å². The van der Waals surface area contributed by atoms with E-state index in [1.807, 2.05) is 42.5 Å². The topological polar surface area (TPSA) is 24.1 Å². The van der Waals surface area contributed by atoms with Crippen LogP contribution in [0.1, 0.15) is 11.1 Å². The minimum atomic E-state index is 0.572. The van der Waals surface area contributed by atoms with E-state index < -0.39 is 0 Å². The minimum absolute atomic E-state index is 0.572. The molecule has 0 fully saturated rings. The molecule has 0 aliphatic heterocycles. The average molecular weight is 399 g/mol. The van der Waals surface area contributed by atoms with Crippen molar-refractivity contribution in [3.05, 3.63) is 82.9 Å². The van der Waals surface area contributed by atoms with Crippen molar-refractivity contribution in [1.82, 2.24) is 0 Å². The first-order valence-electron chi connectivity index (χ1n) is 8.19. The summed E-state index contributed by atoms with van der Waals surface area (Å²) in [5, 5.41) is 7.91. The van der Waals surface area contributed by atoms with E-state index in [1.54, 1.807) is 11.8 Å². The number of thiocarbonyl (C=S) groups is 1. The summed E-state index contributed by atoms with van der Waals surface area (Å²) in [6.07, 6.45) is 0. The van der Waals surface area contributed by atoms with Gasteiger partial charge in [-0.2, -0.15) is 0 Å². The Morgan fingerprint density at radius 2 is 1.58 bits per heavy atom. The van der Waals surface area contributed by atoms with Crippen LogP contribution in [0.2, 0.25) is 5.02 Å². The second-order valence-electron chi connectivity index (χ2n) is 5.95. The molecule has 2 N–H and O–H groups in total. The van der Waals surface area contributed by atoms with Crippen LogP contribution >= 0.6 is 35.6 Å². The van der Waals surface area contributed by atoms with Crippen LogP contribution in [0.25, 0.3) is 0 Å². The Hall–Kier alpha value is -2.01. The van der Waals surface area contributed by atoms with Gasteiger partial charge in [0.2, 0.25) is 0 Å². The predicted octanol–water partition coefficient (Wildman–Crippen LogP) is 6.92. The van der Waals surface area contributed by atoms with E-state index in [-0.39, 0.29) is 0 Å². The Morgan fingerprint density at radius 3 is 2.35 bits per heavy atom. The molecule has 3 aromatic rings. The minimum Gasteiger partial charge on any atom is -0.332 e. The van der Waals surface area contributed by atoms with Crippen molar-refractivity contribution in [2.45, 2.75) is 23.6 Å². The molecular formula is C21H19ClN2S2. The molecule has 0 saturated heterocycles. The van der Waals surface area contributed by atoms with Crippen molar-refractivity contribution < 1.29 is 0 Å². The van der Waals surface area contributed by atoms with E-state index in [4.69, 9.17) is 23.8 Å². The van der Waals surface area contributed by atoms with E-state index in [1.165, 1.54) is 5.56 Å². The second kappa shape index (κ2) is 8.58. The Kier molecular flexibility index (Phi) is 6.20. The summed E-state index contributed by atoms with van der Waals surface area (Å²) in [5.41, 5.74) is 4.34. The van der Waals surface area contributed by atoms with Gasteiger partial charge in [0.25, 0.3) is 0 Å². The number of hydrogen-bond donors (Lipinski definition) is 2. The third-order valence-corrected chi connectivity index (χ3v) is 5.36. The van der Waals surface area contributed by atoms with Crippen LogP contribution in [0, 0.1) is 13.8 Å². The molecule has 0 unspecified atom stereocenters. The van der Waals surface area contributed by atoms with E-state index in [2.05, 4.69) is 48.7 Å². The fourth-order valence-electron chi connectivity index (χ4n) is 2.43. The molecule has 5 heteroatoms. The number of rotatable bonds is 4. The lowest BCUT2D eigenvalue weighted by atomic mass is 10.1. The van der Waals surface area contributed by atoms with Gasteiger partial charge in [0.05, 0.1) is 5.69 Å². The molecule has 0 amide bonds. The summed E-state index contributed by atoms with van der Waals surface area (Å²) < 4.78 is 0.